The van der Waals surface area contributed by atoms with E-state index in [9.17, 15) is 14.4 Å². The number of hydrogen-bond donors (Lipinski definition) is 1. The van der Waals surface area contributed by atoms with Crippen LogP contribution in [0.1, 0.15) is 36.5 Å². The summed E-state index contributed by atoms with van der Waals surface area (Å²) in [5.74, 6) is 0.432. The number of thioether (sulfide) groups is 1. The molecule has 8 heteroatoms. The second kappa shape index (κ2) is 12.3. The largest absolute Gasteiger partial charge is 0.493 e. The molecule has 0 atom stereocenters. The van der Waals surface area contributed by atoms with E-state index in [4.69, 9.17) is 9.47 Å². The minimum Gasteiger partial charge on any atom is -0.493 e. The normalized spacial score (nSPS) is 14.2. The second-order valence-electron chi connectivity index (χ2n) is 9.94. The number of amides is 3. The van der Waals surface area contributed by atoms with E-state index < -0.39 is 0 Å². The van der Waals surface area contributed by atoms with Crippen molar-refractivity contribution in [2.75, 3.05) is 19.0 Å². The predicted octanol–water partition coefficient (Wildman–Crippen LogP) is 7.23. The van der Waals surface area contributed by atoms with E-state index in [0.29, 0.717) is 22.0 Å². The maximum atomic E-state index is 13.1. The molecule has 0 unspecified atom stereocenters. The van der Waals surface area contributed by atoms with E-state index in [2.05, 4.69) is 19.2 Å². The van der Waals surface area contributed by atoms with E-state index in [-0.39, 0.29) is 36.1 Å². The summed E-state index contributed by atoms with van der Waals surface area (Å²) in [6.45, 7) is 4.14. The zero-order valence-corrected chi connectivity index (χ0v) is 23.9. The maximum Gasteiger partial charge on any atom is 0.293 e. The van der Waals surface area contributed by atoms with Crippen LogP contribution in [0.2, 0.25) is 0 Å². The van der Waals surface area contributed by atoms with Gasteiger partial charge in [0.1, 0.15) is 0 Å². The zero-order chi connectivity index (χ0) is 28.9. The van der Waals surface area contributed by atoms with Crippen molar-refractivity contribution < 1.29 is 23.9 Å². The lowest BCUT2D eigenvalue weighted by Crippen LogP contribution is -2.27. The van der Waals surface area contributed by atoms with Crippen LogP contribution in [0.3, 0.4) is 0 Å². The molecule has 41 heavy (non-hydrogen) atoms. The van der Waals surface area contributed by atoms with Crippen LogP contribution in [0.4, 0.5) is 10.5 Å². The molecule has 5 rings (SSSR count). The van der Waals surface area contributed by atoms with Crippen molar-refractivity contribution in [1.82, 2.24) is 4.90 Å². The highest BCUT2D eigenvalue weighted by molar-refractivity contribution is 8.18. The van der Waals surface area contributed by atoms with Gasteiger partial charge in [-0.1, -0.05) is 74.5 Å². The van der Waals surface area contributed by atoms with Gasteiger partial charge in [-0.3, -0.25) is 19.3 Å². The number of para-hydroxylation sites is 1. The van der Waals surface area contributed by atoms with Gasteiger partial charge in [-0.15, -0.1) is 0 Å². The van der Waals surface area contributed by atoms with E-state index in [1.54, 1.807) is 24.3 Å². The minimum atomic E-state index is -0.342. The van der Waals surface area contributed by atoms with Crippen LogP contribution < -0.4 is 14.8 Å². The Bertz CT molecular complexity index is 1660. The van der Waals surface area contributed by atoms with Crippen LogP contribution in [0, 0.1) is 0 Å². The number of imide groups is 1. The van der Waals surface area contributed by atoms with Crippen molar-refractivity contribution in [3.05, 3.63) is 107 Å². The van der Waals surface area contributed by atoms with E-state index in [0.717, 1.165) is 39.3 Å². The Morgan fingerprint density at radius 3 is 2.46 bits per heavy atom. The fraction of sp³-hybridized carbons (Fsp3) is 0.182. The quantitative estimate of drug-likeness (QED) is 0.215. The number of methoxy groups -OCH3 is 1. The Labute approximate surface area is 243 Å². The number of anilines is 1. The number of rotatable bonds is 9. The molecular formula is C33H30N2O5S. The van der Waals surface area contributed by atoms with Crippen molar-refractivity contribution in [3.63, 3.8) is 0 Å². The highest BCUT2D eigenvalue weighted by atomic mass is 32.2. The zero-order valence-electron chi connectivity index (χ0n) is 23.0. The molecule has 3 amide bonds. The smallest absolute Gasteiger partial charge is 0.293 e. The van der Waals surface area contributed by atoms with Gasteiger partial charge in [-0.25, -0.2) is 0 Å². The standard InChI is InChI=1S/C33H30N2O5S/c1-21(2)26-10-6-7-11-27(26)34-31(36)20-40-28-15-13-22(17-29(28)39-3)18-30-32(37)35(33(38)41-30)19-23-12-14-24-8-4-5-9-25(24)16-23/h4-18,21H,19-20H2,1-3H3,(H,34,36)/b30-18-. The molecule has 4 aromatic rings. The Hall–Kier alpha value is -4.56. The molecule has 7 nitrogen and oxygen atoms in total. The average molecular weight is 567 g/mol. The molecule has 0 spiro atoms. The molecule has 1 aliphatic heterocycles. The highest BCUT2D eigenvalue weighted by Crippen LogP contribution is 2.35. The van der Waals surface area contributed by atoms with Crippen molar-refractivity contribution in [1.29, 1.82) is 0 Å². The van der Waals surface area contributed by atoms with Gasteiger partial charge in [0.05, 0.1) is 18.6 Å². The number of nitrogens with one attached hydrogen (secondary N) is 1. The molecule has 1 saturated heterocycles. The maximum absolute atomic E-state index is 13.1. The number of fused-ring (bicyclic) bond motifs is 1. The molecule has 0 radical (unpaired) electrons. The molecule has 1 N–H and O–H groups in total. The van der Waals surface area contributed by atoms with Gasteiger partial charge < -0.3 is 14.8 Å². The molecule has 0 saturated carbocycles. The molecule has 0 bridgehead atoms. The van der Waals surface area contributed by atoms with Gasteiger partial charge in [0.2, 0.25) is 0 Å². The summed E-state index contributed by atoms with van der Waals surface area (Å²) in [4.78, 5) is 40.0. The predicted molar refractivity (Wildman–Crippen MR) is 163 cm³/mol. The number of carbonyl (C=O) groups is 3. The Kier molecular flexibility index (Phi) is 8.40. The summed E-state index contributed by atoms with van der Waals surface area (Å²) in [7, 11) is 1.50. The summed E-state index contributed by atoms with van der Waals surface area (Å²) in [6, 6.07) is 26.7. The molecule has 1 aliphatic rings. The van der Waals surface area contributed by atoms with Crippen molar-refractivity contribution in [2.45, 2.75) is 26.3 Å². The van der Waals surface area contributed by atoms with Gasteiger partial charge in [0, 0.05) is 5.69 Å². The molecule has 0 aliphatic carbocycles. The number of hydrogen-bond acceptors (Lipinski definition) is 6. The lowest BCUT2D eigenvalue weighted by atomic mass is 10.0. The average Bonchev–Trinajstić information content (AvgIpc) is 3.23. The van der Waals surface area contributed by atoms with Crippen LogP contribution in [0.25, 0.3) is 16.8 Å². The molecule has 0 aromatic heterocycles. The lowest BCUT2D eigenvalue weighted by molar-refractivity contribution is -0.123. The first-order chi connectivity index (χ1) is 19.8. The van der Waals surface area contributed by atoms with Gasteiger partial charge in [0.25, 0.3) is 17.1 Å². The Balaban J connectivity index is 1.25. The molecule has 1 fully saturated rings. The highest BCUT2D eigenvalue weighted by Gasteiger charge is 2.35. The van der Waals surface area contributed by atoms with Crippen LogP contribution in [-0.4, -0.2) is 35.7 Å². The number of ether oxygens (including phenoxy) is 2. The topological polar surface area (TPSA) is 84.9 Å². The van der Waals surface area contributed by atoms with E-state index in [1.807, 2.05) is 66.7 Å². The van der Waals surface area contributed by atoms with Crippen LogP contribution in [0.15, 0.2) is 89.8 Å². The lowest BCUT2D eigenvalue weighted by Gasteiger charge is -2.15. The van der Waals surface area contributed by atoms with Gasteiger partial charge in [-0.2, -0.15) is 0 Å². The number of nitrogens with zero attached hydrogens (tertiary/aromatic N) is 1. The summed E-state index contributed by atoms with van der Waals surface area (Å²) in [5.41, 5.74) is 3.35. The third kappa shape index (κ3) is 6.44. The van der Waals surface area contributed by atoms with E-state index in [1.165, 1.54) is 12.0 Å². The Morgan fingerprint density at radius 2 is 1.68 bits per heavy atom. The SMILES string of the molecule is COc1cc(/C=C2\SC(=O)N(Cc3ccc4ccccc4c3)C2=O)ccc1OCC(=O)Nc1ccccc1C(C)C. The van der Waals surface area contributed by atoms with Crippen LogP contribution in [0.5, 0.6) is 11.5 Å². The molecular weight excluding hydrogens is 536 g/mol. The third-order valence-electron chi connectivity index (χ3n) is 6.73. The molecule has 208 valence electrons. The minimum absolute atomic E-state index is 0.199. The van der Waals surface area contributed by atoms with E-state index >= 15 is 0 Å². The first kappa shape index (κ1) is 28.0. The van der Waals surface area contributed by atoms with Crippen LogP contribution >= 0.6 is 11.8 Å². The summed E-state index contributed by atoms with van der Waals surface area (Å²) in [5, 5.41) is 4.75. The summed E-state index contributed by atoms with van der Waals surface area (Å²) >= 11 is 0.909. The number of benzene rings is 4. The summed E-state index contributed by atoms with van der Waals surface area (Å²) < 4.78 is 11.2. The first-order valence-electron chi connectivity index (χ1n) is 13.2. The van der Waals surface area contributed by atoms with Crippen molar-refractivity contribution in [2.24, 2.45) is 0 Å². The van der Waals surface area contributed by atoms with Gasteiger partial charge >= 0.3 is 0 Å². The van der Waals surface area contributed by atoms with Crippen molar-refractivity contribution >= 4 is 51.4 Å². The second-order valence-corrected chi connectivity index (χ2v) is 10.9. The fourth-order valence-electron chi connectivity index (χ4n) is 4.64. The van der Waals surface area contributed by atoms with Gasteiger partial charge in [0.15, 0.2) is 18.1 Å². The third-order valence-corrected chi connectivity index (χ3v) is 7.64. The molecule has 4 aromatic carbocycles. The number of carbonyl (C=O) groups excluding carboxylic acids is 3. The van der Waals surface area contributed by atoms with Gasteiger partial charge in [-0.05, 0) is 75.5 Å². The fourth-order valence-corrected chi connectivity index (χ4v) is 5.48. The molecule has 1 heterocycles. The summed E-state index contributed by atoms with van der Waals surface area (Å²) in [6.07, 6.45) is 1.66. The van der Waals surface area contributed by atoms with Crippen LogP contribution in [-0.2, 0) is 16.1 Å². The monoisotopic (exact) mass is 566 g/mol. The van der Waals surface area contributed by atoms with Crippen molar-refractivity contribution in [3.8, 4) is 11.5 Å². The Morgan fingerprint density at radius 1 is 0.927 bits per heavy atom. The first-order valence-corrected chi connectivity index (χ1v) is 14.1.